The van der Waals surface area contributed by atoms with Crippen LogP contribution < -0.4 is 5.32 Å². The van der Waals surface area contributed by atoms with Gasteiger partial charge in [-0.25, -0.2) is 14.4 Å². The second-order valence-electron chi connectivity index (χ2n) is 3.45. The van der Waals surface area contributed by atoms with Crippen LogP contribution in [0.4, 0.5) is 10.3 Å². The van der Waals surface area contributed by atoms with E-state index in [0.717, 1.165) is 12.2 Å². The molecule has 76 valence electrons. The molecule has 0 radical (unpaired) electrons. The van der Waals surface area contributed by atoms with Gasteiger partial charge in [-0.2, -0.15) is 11.8 Å². The summed E-state index contributed by atoms with van der Waals surface area (Å²) in [5, 5.41) is 3.88. The fourth-order valence-corrected chi connectivity index (χ4v) is 2.64. The first kappa shape index (κ1) is 9.71. The molecule has 5 heteroatoms. The Morgan fingerprint density at radius 3 is 2.79 bits per heavy atom. The molecule has 3 nitrogen and oxygen atoms in total. The quantitative estimate of drug-likeness (QED) is 0.814. The van der Waals surface area contributed by atoms with E-state index in [2.05, 4.69) is 22.2 Å². The van der Waals surface area contributed by atoms with Crippen LogP contribution >= 0.6 is 11.8 Å². The molecule has 0 spiro atoms. The zero-order valence-electron chi connectivity index (χ0n) is 7.90. The van der Waals surface area contributed by atoms with Crippen molar-refractivity contribution < 1.29 is 4.39 Å². The van der Waals surface area contributed by atoms with E-state index in [1.807, 2.05) is 11.8 Å². The minimum absolute atomic E-state index is 0.398. The van der Waals surface area contributed by atoms with Crippen molar-refractivity contribution in [3.63, 3.8) is 0 Å². The molecule has 2 atom stereocenters. The molecule has 1 fully saturated rings. The third kappa shape index (κ3) is 2.35. The number of thioether (sulfide) groups is 1. The molecule has 0 unspecified atom stereocenters. The maximum atomic E-state index is 12.5. The molecule has 14 heavy (non-hydrogen) atoms. The Labute approximate surface area is 86.5 Å². The highest BCUT2D eigenvalue weighted by Crippen LogP contribution is 2.27. The maximum Gasteiger partial charge on any atom is 0.223 e. The van der Waals surface area contributed by atoms with Crippen LogP contribution in [0.25, 0.3) is 0 Å². The SMILES string of the molecule is C[C@H]1C[C@@H](Nc2ncc(F)cn2)CS1. The molecule has 1 N–H and O–H groups in total. The maximum absolute atomic E-state index is 12.5. The van der Waals surface area contributed by atoms with Crippen LogP contribution in [0, 0.1) is 5.82 Å². The number of rotatable bonds is 2. The lowest BCUT2D eigenvalue weighted by Gasteiger charge is -2.10. The number of anilines is 1. The van der Waals surface area contributed by atoms with Gasteiger partial charge in [0.1, 0.15) is 0 Å². The van der Waals surface area contributed by atoms with Crippen molar-refractivity contribution in [2.24, 2.45) is 0 Å². The fourth-order valence-electron chi connectivity index (χ4n) is 1.49. The Bertz CT molecular complexity index is 303. The van der Waals surface area contributed by atoms with Gasteiger partial charge in [-0.05, 0) is 6.42 Å². The Kier molecular flexibility index (Phi) is 2.86. The molecule has 1 aromatic heterocycles. The zero-order chi connectivity index (χ0) is 9.97. The Morgan fingerprint density at radius 1 is 1.50 bits per heavy atom. The summed E-state index contributed by atoms with van der Waals surface area (Å²) in [6.07, 6.45) is 3.48. The number of nitrogens with one attached hydrogen (secondary N) is 1. The second-order valence-corrected chi connectivity index (χ2v) is 4.92. The van der Waals surface area contributed by atoms with Crippen LogP contribution in [-0.4, -0.2) is 27.0 Å². The molecular weight excluding hydrogens is 201 g/mol. The molecule has 1 aromatic rings. The number of hydrogen-bond acceptors (Lipinski definition) is 4. The van der Waals surface area contributed by atoms with Crippen LogP contribution in [0.5, 0.6) is 0 Å². The van der Waals surface area contributed by atoms with Gasteiger partial charge in [-0.3, -0.25) is 0 Å². The number of nitrogens with zero attached hydrogens (tertiary/aromatic N) is 2. The minimum Gasteiger partial charge on any atom is -0.351 e. The van der Waals surface area contributed by atoms with Crippen LogP contribution in [0.3, 0.4) is 0 Å². The van der Waals surface area contributed by atoms with Crippen LogP contribution in [0.2, 0.25) is 0 Å². The van der Waals surface area contributed by atoms with Gasteiger partial charge in [-0.1, -0.05) is 6.92 Å². The minimum atomic E-state index is -0.398. The predicted octanol–water partition coefficient (Wildman–Crippen LogP) is 1.92. The number of aromatic nitrogens is 2. The van der Waals surface area contributed by atoms with E-state index in [9.17, 15) is 4.39 Å². The van der Waals surface area contributed by atoms with Gasteiger partial charge >= 0.3 is 0 Å². The van der Waals surface area contributed by atoms with Crippen molar-refractivity contribution in [2.75, 3.05) is 11.1 Å². The first-order valence-corrected chi connectivity index (χ1v) is 5.64. The molecule has 2 heterocycles. The molecule has 2 rings (SSSR count). The third-order valence-electron chi connectivity index (χ3n) is 2.15. The predicted molar refractivity (Wildman–Crippen MR) is 55.9 cm³/mol. The van der Waals surface area contributed by atoms with Gasteiger partial charge in [0.05, 0.1) is 12.4 Å². The van der Waals surface area contributed by atoms with Gasteiger partial charge in [0.2, 0.25) is 5.95 Å². The van der Waals surface area contributed by atoms with E-state index in [4.69, 9.17) is 0 Å². The zero-order valence-corrected chi connectivity index (χ0v) is 8.72. The van der Waals surface area contributed by atoms with Crippen LogP contribution in [0.1, 0.15) is 13.3 Å². The lowest BCUT2D eigenvalue weighted by atomic mass is 10.2. The van der Waals surface area contributed by atoms with E-state index < -0.39 is 5.82 Å². The first-order chi connectivity index (χ1) is 6.74. The summed E-state index contributed by atoms with van der Waals surface area (Å²) in [7, 11) is 0. The summed E-state index contributed by atoms with van der Waals surface area (Å²) < 4.78 is 12.5. The Hall–Kier alpha value is -0.840. The van der Waals surface area contributed by atoms with Gasteiger partial charge in [0.25, 0.3) is 0 Å². The number of halogens is 1. The topological polar surface area (TPSA) is 37.8 Å². The van der Waals surface area contributed by atoms with Crippen molar-refractivity contribution in [1.82, 2.24) is 9.97 Å². The molecule has 0 saturated carbocycles. The standard InChI is InChI=1S/C9H12FN3S/c1-6-2-8(5-14-6)13-9-11-3-7(10)4-12-9/h3-4,6,8H,2,5H2,1H3,(H,11,12,13)/t6-,8+/m0/s1. The third-order valence-corrected chi connectivity index (χ3v) is 3.51. The Morgan fingerprint density at radius 2 is 2.21 bits per heavy atom. The first-order valence-electron chi connectivity index (χ1n) is 4.60. The lowest BCUT2D eigenvalue weighted by molar-refractivity contribution is 0.613. The summed E-state index contributed by atoms with van der Waals surface area (Å²) in [6, 6.07) is 0.417. The highest BCUT2D eigenvalue weighted by molar-refractivity contribution is 8.00. The Balaban J connectivity index is 1.94. The van der Waals surface area contributed by atoms with Gasteiger partial charge in [0, 0.05) is 17.0 Å². The van der Waals surface area contributed by atoms with Gasteiger partial charge in [-0.15, -0.1) is 0 Å². The van der Waals surface area contributed by atoms with Gasteiger partial charge in [0.15, 0.2) is 5.82 Å². The summed E-state index contributed by atoms with van der Waals surface area (Å²) in [5.74, 6) is 1.19. The normalized spacial score (nSPS) is 26.4. The van der Waals surface area contributed by atoms with Crippen molar-refractivity contribution in [3.8, 4) is 0 Å². The number of hydrogen-bond donors (Lipinski definition) is 1. The van der Waals surface area contributed by atoms with E-state index >= 15 is 0 Å². The molecule has 0 amide bonds. The van der Waals surface area contributed by atoms with Crippen molar-refractivity contribution in [3.05, 3.63) is 18.2 Å². The molecule has 1 aliphatic heterocycles. The average molecular weight is 213 g/mol. The van der Waals surface area contributed by atoms with Crippen molar-refractivity contribution in [1.29, 1.82) is 0 Å². The molecule has 0 aliphatic carbocycles. The molecule has 1 saturated heterocycles. The molecular formula is C9H12FN3S. The van der Waals surface area contributed by atoms with Crippen molar-refractivity contribution in [2.45, 2.75) is 24.6 Å². The summed E-state index contributed by atoms with van der Waals surface area (Å²) in [4.78, 5) is 7.72. The lowest BCUT2D eigenvalue weighted by Crippen LogP contribution is -2.20. The monoisotopic (exact) mass is 213 g/mol. The van der Waals surface area contributed by atoms with Crippen LogP contribution in [0.15, 0.2) is 12.4 Å². The van der Waals surface area contributed by atoms with E-state index in [-0.39, 0.29) is 0 Å². The smallest absolute Gasteiger partial charge is 0.223 e. The second kappa shape index (κ2) is 4.13. The fraction of sp³-hybridized carbons (Fsp3) is 0.556. The average Bonchev–Trinajstić information content (AvgIpc) is 2.56. The summed E-state index contributed by atoms with van der Waals surface area (Å²) in [6.45, 7) is 2.21. The molecule has 1 aliphatic rings. The summed E-state index contributed by atoms with van der Waals surface area (Å²) >= 11 is 1.94. The highest BCUT2D eigenvalue weighted by Gasteiger charge is 2.21. The molecule has 0 aromatic carbocycles. The van der Waals surface area contributed by atoms with E-state index in [1.54, 1.807) is 0 Å². The summed E-state index contributed by atoms with van der Waals surface area (Å²) in [5.41, 5.74) is 0. The van der Waals surface area contributed by atoms with Crippen molar-refractivity contribution >= 4 is 17.7 Å². The molecule has 0 bridgehead atoms. The van der Waals surface area contributed by atoms with Gasteiger partial charge < -0.3 is 5.32 Å². The largest absolute Gasteiger partial charge is 0.351 e. The van der Waals surface area contributed by atoms with E-state index in [0.29, 0.717) is 17.2 Å². The highest BCUT2D eigenvalue weighted by atomic mass is 32.2. The van der Waals surface area contributed by atoms with E-state index in [1.165, 1.54) is 12.4 Å². The van der Waals surface area contributed by atoms with Crippen LogP contribution in [-0.2, 0) is 0 Å².